The molecule has 3 aromatic rings. The van der Waals surface area contributed by atoms with E-state index in [9.17, 15) is 0 Å². The Kier molecular flexibility index (Phi) is 7.66. The number of ether oxygens (including phenoxy) is 1. The Morgan fingerprint density at radius 1 is 1.00 bits per heavy atom. The summed E-state index contributed by atoms with van der Waals surface area (Å²) in [6.07, 6.45) is 9.47. The summed E-state index contributed by atoms with van der Waals surface area (Å²) in [6.45, 7) is 3.03. The molecular weight excluding hydrogens is 354 g/mol. The van der Waals surface area contributed by atoms with Gasteiger partial charge in [-0.1, -0.05) is 62.5 Å². The number of thiazole rings is 1. The first-order valence-electron chi connectivity index (χ1n) is 9.72. The molecule has 3 rings (SSSR count). The Balaban J connectivity index is 1.40. The molecule has 5 heteroatoms. The highest BCUT2D eigenvalue weighted by Gasteiger charge is 2.01. The third-order valence-electron chi connectivity index (χ3n) is 4.31. The van der Waals surface area contributed by atoms with Gasteiger partial charge in [0.25, 0.3) is 0 Å². The van der Waals surface area contributed by atoms with Crippen molar-refractivity contribution in [2.45, 2.75) is 45.4 Å². The van der Waals surface area contributed by atoms with Crippen molar-refractivity contribution in [1.82, 2.24) is 4.98 Å². The van der Waals surface area contributed by atoms with E-state index in [0.29, 0.717) is 0 Å². The normalized spacial score (nSPS) is 11.3. The number of hydrazone groups is 1. The molecule has 27 heavy (non-hydrogen) atoms. The van der Waals surface area contributed by atoms with Crippen molar-refractivity contribution < 1.29 is 4.74 Å². The summed E-state index contributed by atoms with van der Waals surface area (Å²) in [4.78, 5) is 4.50. The third-order valence-corrected chi connectivity index (χ3v) is 5.26. The number of nitrogens with one attached hydrogen (secondary N) is 1. The molecule has 142 valence electrons. The van der Waals surface area contributed by atoms with Crippen LogP contribution in [0.4, 0.5) is 5.13 Å². The molecule has 1 aromatic heterocycles. The molecule has 0 spiro atoms. The summed E-state index contributed by atoms with van der Waals surface area (Å²) in [5, 5.41) is 5.08. The minimum absolute atomic E-state index is 0.790. The van der Waals surface area contributed by atoms with Gasteiger partial charge < -0.3 is 4.74 Å². The standard InChI is InChI=1S/C22H27N3OS/c1-2-3-4-5-6-9-16-26-19-14-12-18(13-15-19)17-23-25-22-24-20-10-7-8-11-21(20)27-22/h7-8,10-15,17H,2-6,9,16H2,1H3,(H,24,25). The van der Waals surface area contributed by atoms with Crippen LogP contribution in [0.5, 0.6) is 5.75 Å². The first-order valence-corrected chi connectivity index (χ1v) is 10.5. The number of hydrogen-bond acceptors (Lipinski definition) is 5. The largest absolute Gasteiger partial charge is 0.494 e. The molecule has 0 atom stereocenters. The Bertz CT molecular complexity index is 809. The predicted molar refractivity (Wildman–Crippen MR) is 116 cm³/mol. The number of benzene rings is 2. The quantitative estimate of drug-likeness (QED) is 0.235. The summed E-state index contributed by atoms with van der Waals surface area (Å²) in [7, 11) is 0. The topological polar surface area (TPSA) is 46.5 Å². The van der Waals surface area contributed by atoms with Gasteiger partial charge in [0.2, 0.25) is 5.13 Å². The summed E-state index contributed by atoms with van der Waals surface area (Å²) >= 11 is 1.60. The molecular formula is C22H27N3OS. The average Bonchev–Trinajstić information content (AvgIpc) is 3.11. The fourth-order valence-electron chi connectivity index (χ4n) is 2.80. The van der Waals surface area contributed by atoms with Gasteiger partial charge >= 0.3 is 0 Å². The number of anilines is 1. The van der Waals surface area contributed by atoms with Crippen molar-refractivity contribution in [1.29, 1.82) is 0 Å². The fraction of sp³-hybridized carbons (Fsp3) is 0.364. The van der Waals surface area contributed by atoms with Crippen molar-refractivity contribution in [2.75, 3.05) is 12.0 Å². The minimum atomic E-state index is 0.790. The van der Waals surface area contributed by atoms with E-state index in [0.717, 1.165) is 39.7 Å². The van der Waals surface area contributed by atoms with Crippen LogP contribution in [-0.2, 0) is 0 Å². The summed E-state index contributed by atoms with van der Waals surface area (Å²) in [5.41, 5.74) is 5.02. The van der Waals surface area contributed by atoms with Crippen LogP contribution in [0, 0.1) is 0 Å². The summed E-state index contributed by atoms with van der Waals surface area (Å²) < 4.78 is 6.96. The van der Waals surface area contributed by atoms with Gasteiger partial charge in [0, 0.05) is 0 Å². The Labute approximate surface area is 165 Å². The van der Waals surface area contributed by atoms with Gasteiger partial charge in [-0.25, -0.2) is 4.98 Å². The van der Waals surface area contributed by atoms with E-state index in [2.05, 4.69) is 28.5 Å². The minimum Gasteiger partial charge on any atom is -0.494 e. The number of rotatable bonds is 11. The van der Waals surface area contributed by atoms with E-state index in [1.54, 1.807) is 17.6 Å². The molecule has 1 heterocycles. The molecule has 0 amide bonds. The zero-order chi connectivity index (χ0) is 18.7. The molecule has 4 nitrogen and oxygen atoms in total. The van der Waals surface area contributed by atoms with E-state index in [-0.39, 0.29) is 0 Å². The molecule has 0 unspecified atom stereocenters. The molecule has 0 bridgehead atoms. The van der Waals surface area contributed by atoms with Gasteiger partial charge in [-0.15, -0.1) is 0 Å². The molecule has 0 aliphatic carbocycles. The monoisotopic (exact) mass is 381 g/mol. The lowest BCUT2D eigenvalue weighted by Gasteiger charge is -2.06. The van der Waals surface area contributed by atoms with Gasteiger partial charge in [-0.2, -0.15) is 5.10 Å². The molecule has 0 radical (unpaired) electrons. The second kappa shape index (κ2) is 10.7. The smallest absolute Gasteiger partial charge is 0.204 e. The first-order chi connectivity index (χ1) is 13.3. The van der Waals surface area contributed by atoms with Crippen LogP contribution in [0.3, 0.4) is 0 Å². The van der Waals surface area contributed by atoms with Gasteiger partial charge in [0.15, 0.2) is 0 Å². The molecule has 0 saturated carbocycles. The maximum atomic E-state index is 5.81. The van der Waals surface area contributed by atoms with E-state index in [1.165, 1.54) is 32.1 Å². The molecule has 1 N–H and O–H groups in total. The molecule has 0 aliphatic rings. The average molecular weight is 382 g/mol. The van der Waals surface area contributed by atoms with E-state index in [4.69, 9.17) is 4.74 Å². The van der Waals surface area contributed by atoms with Crippen LogP contribution in [0.15, 0.2) is 53.6 Å². The van der Waals surface area contributed by atoms with Crippen LogP contribution >= 0.6 is 11.3 Å². The lowest BCUT2D eigenvalue weighted by atomic mass is 10.1. The Hall–Kier alpha value is -2.40. The summed E-state index contributed by atoms with van der Waals surface area (Å²) in [6, 6.07) is 16.1. The number of hydrogen-bond donors (Lipinski definition) is 1. The van der Waals surface area contributed by atoms with Crippen molar-refractivity contribution >= 4 is 32.9 Å². The van der Waals surface area contributed by atoms with Crippen molar-refractivity contribution in [3.63, 3.8) is 0 Å². The second-order valence-corrected chi connectivity index (χ2v) is 7.57. The van der Waals surface area contributed by atoms with Gasteiger partial charge in [0.1, 0.15) is 5.75 Å². The number of para-hydroxylation sites is 1. The SMILES string of the molecule is CCCCCCCCOc1ccc(C=NNc2nc3ccccc3s2)cc1. The maximum Gasteiger partial charge on any atom is 0.204 e. The second-order valence-electron chi connectivity index (χ2n) is 6.54. The van der Waals surface area contributed by atoms with Crippen LogP contribution < -0.4 is 10.2 Å². The van der Waals surface area contributed by atoms with Crippen molar-refractivity contribution in [2.24, 2.45) is 5.10 Å². The highest BCUT2D eigenvalue weighted by atomic mass is 32.1. The number of fused-ring (bicyclic) bond motifs is 1. The van der Waals surface area contributed by atoms with Crippen molar-refractivity contribution in [3.05, 3.63) is 54.1 Å². The highest BCUT2D eigenvalue weighted by molar-refractivity contribution is 7.22. The van der Waals surface area contributed by atoms with Crippen LogP contribution in [-0.4, -0.2) is 17.8 Å². The van der Waals surface area contributed by atoms with E-state index in [1.807, 2.05) is 42.5 Å². The Morgan fingerprint density at radius 2 is 1.78 bits per heavy atom. The predicted octanol–water partition coefficient (Wildman–Crippen LogP) is 6.48. The van der Waals surface area contributed by atoms with Crippen LogP contribution in [0.1, 0.15) is 51.0 Å². The van der Waals surface area contributed by atoms with E-state index < -0.39 is 0 Å². The Morgan fingerprint density at radius 3 is 2.59 bits per heavy atom. The van der Waals surface area contributed by atoms with Gasteiger partial charge in [0.05, 0.1) is 23.0 Å². The van der Waals surface area contributed by atoms with Crippen molar-refractivity contribution in [3.8, 4) is 5.75 Å². The van der Waals surface area contributed by atoms with Crippen LogP contribution in [0.2, 0.25) is 0 Å². The third kappa shape index (κ3) is 6.36. The van der Waals surface area contributed by atoms with Gasteiger partial charge in [-0.05, 0) is 48.4 Å². The molecule has 2 aromatic carbocycles. The fourth-order valence-corrected chi connectivity index (χ4v) is 3.62. The lowest BCUT2D eigenvalue weighted by molar-refractivity contribution is 0.304. The molecule has 0 fully saturated rings. The number of nitrogens with zero attached hydrogens (tertiary/aromatic N) is 2. The maximum absolute atomic E-state index is 5.81. The molecule has 0 aliphatic heterocycles. The van der Waals surface area contributed by atoms with Gasteiger partial charge in [-0.3, -0.25) is 5.43 Å². The lowest BCUT2D eigenvalue weighted by Crippen LogP contribution is -1.97. The zero-order valence-electron chi connectivity index (χ0n) is 15.9. The zero-order valence-corrected chi connectivity index (χ0v) is 16.7. The number of unbranched alkanes of at least 4 members (excludes halogenated alkanes) is 5. The van der Waals surface area contributed by atoms with E-state index >= 15 is 0 Å². The molecule has 0 saturated heterocycles. The number of aromatic nitrogens is 1. The summed E-state index contributed by atoms with van der Waals surface area (Å²) in [5.74, 6) is 0.917. The first kappa shape index (κ1) is 19.4. The highest BCUT2D eigenvalue weighted by Crippen LogP contribution is 2.25. The van der Waals surface area contributed by atoms with Crippen LogP contribution in [0.25, 0.3) is 10.2 Å².